The molecular formula is C27H32N4O4S. The molecule has 9 heteroatoms. The highest BCUT2D eigenvalue weighted by Crippen LogP contribution is 2.35. The molecule has 2 aromatic carbocycles. The van der Waals surface area contributed by atoms with Crippen molar-refractivity contribution in [3.8, 4) is 11.5 Å². The average Bonchev–Trinajstić information content (AvgIpc) is 3.32. The molecule has 0 bridgehead atoms. The number of benzene rings is 2. The van der Waals surface area contributed by atoms with Crippen LogP contribution in [0, 0.1) is 13.8 Å². The Morgan fingerprint density at radius 1 is 1.11 bits per heavy atom. The molecule has 0 amide bonds. The minimum Gasteiger partial charge on any atom is -0.454 e. The molecule has 3 aromatic rings. The summed E-state index contributed by atoms with van der Waals surface area (Å²) in [5.41, 5.74) is 4.55. The lowest BCUT2D eigenvalue weighted by Gasteiger charge is -2.30. The first-order chi connectivity index (χ1) is 17.5. The Bertz CT molecular complexity index is 1320. The molecule has 1 saturated heterocycles. The fourth-order valence-electron chi connectivity index (χ4n) is 4.67. The summed E-state index contributed by atoms with van der Waals surface area (Å²) in [6.07, 6.45) is 0.929. The van der Waals surface area contributed by atoms with Crippen molar-refractivity contribution in [3.63, 3.8) is 0 Å². The van der Waals surface area contributed by atoms with E-state index in [1.54, 1.807) is 0 Å². The number of hydrogen-bond acceptors (Lipinski definition) is 6. The van der Waals surface area contributed by atoms with E-state index in [2.05, 4.69) is 46.1 Å². The molecule has 0 radical (unpaired) electrons. The lowest BCUT2D eigenvalue weighted by atomic mass is 10.1. The normalized spacial score (nSPS) is 15.3. The molecule has 2 aliphatic heterocycles. The molecule has 5 rings (SSSR count). The van der Waals surface area contributed by atoms with Crippen LogP contribution < -0.4 is 20.3 Å². The third-order valence-electron chi connectivity index (χ3n) is 6.69. The van der Waals surface area contributed by atoms with E-state index in [0.29, 0.717) is 28.7 Å². The van der Waals surface area contributed by atoms with Gasteiger partial charge >= 0.3 is 0 Å². The predicted octanol–water partition coefficient (Wildman–Crippen LogP) is 3.79. The minimum absolute atomic E-state index is 0.131. The second kappa shape index (κ2) is 10.9. The first-order valence-corrected chi connectivity index (χ1v) is 12.8. The highest BCUT2D eigenvalue weighted by atomic mass is 32.1. The summed E-state index contributed by atoms with van der Waals surface area (Å²) in [7, 11) is 0. The second-order valence-corrected chi connectivity index (χ2v) is 9.78. The highest BCUT2D eigenvalue weighted by Gasteiger charge is 2.18. The van der Waals surface area contributed by atoms with E-state index in [1.165, 1.54) is 5.56 Å². The maximum absolute atomic E-state index is 13.0. The number of ether oxygens (including phenoxy) is 3. The van der Waals surface area contributed by atoms with Crippen molar-refractivity contribution in [2.24, 2.45) is 0 Å². The Morgan fingerprint density at radius 3 is 2.67 bits per heavy atom. The van der Waals surface area contributed by atoms with Crippen LogP contribution in [0.1, 0.15) is 23.1 Å². The highest BCUT2D eigenvalue weighted by molar-refractivity contribution is 7.80. The van der Waals surface area contributed by atoms with Gasteiger partial charge in [0, 0.05) is 48.9 Å². The molecule has 2 aliphatic rings. The Morgan fingerprint density at radius 2 is 1.89 bits per heavy atom. The van der Waals surface area contributed by atoms with Gasteiger partial charge < -0.3 is 29.4 Å². The van der Waals surface area contributed by atoms with Gasteiger partial charge in [-0.15, -0.1) is 0 Å². The second-order valence-electron chi connectivity index (χ2n) is 9.39. The molecule has 190 valence electrons. The zero-order chi connectivity index (χ0) is 25.1. The van der Waals surface area contributed by atoms with Crippen LogP contribution in [0.5, 0.6) is 11.5 Å². The molecular weight excluding hydrogens is 476 g/mol. The van der Waals surface area contributed by atoms with Crippen molar-refractivity contribution in [1.82, 2.24) is 14.8 Å². The lowest BCUT2D eigenvalue weighted by Crippen LogP contribution is -2.40. The molecule has 1 aromatic heterocycles. The first-order valence-electron chi connectivity index (χ1n) is 12.3. The maximum atomic E-state index is 13.0. The van der Waals surface area contributed by atoms with Gasteiger partial charge in [-0.25, -0.2) is 0 Å². The van der Waals surface area contributed by atoms with Crippen LogP contribution in [0.4, 0.5) is 5.69 Å². The van der Waals surface area contributed by atoms with Crippen LogP contribution in [0.15, 0.2) is 41.2 Å². The van der Waals surface area contributed by atoms with Crippen molar-refractivity contribution in [3.05, 3.63) is 63.4 Å². The summed E-state index contributed by atoms with van der Waals surface area (Å²) in [6.45, 7) is 9.89. The fourth-order valence-corrected chi connectivity index (χ4v) is 4.94. The van der Waals surface area contributed by atoms with Gasteiger partial charge in [0.15, 0.2) is 16.6 Å². The van der Waals surface area contributed by atoms with Crippen molar-refractivity contribution in [2.45, 2.75) is 26.8 Å². The molecule has 0 atom stereocenters. The molecule has 0 saturated carbocycles. The number of aryl methyl sites for hydroxylation is 2. The van der Waals surface area contributed by atoms with Crippen molar-refractivity contribution < 1.29 is 14.2 Å². The van der Waals surface area contributed by atoms with Crippen molar-refractivity contribution in [2.75, 3.05) is 51.5 Å². The summed E-state index contributed by atoms with van der Waals surface area (Å²) >= 11 is 5.86. The number of nitrogens with zero attached hydrogens (tertiary/aromatic N) is 2. The first kappa shape index (κ1) is 24.5. The standard InChI is InChI=1S/C27H32N4O4S/c1-18-4-5-22(19(2)12-18)29-27(36)31(7-3-6-30-8-10-33-11-9-30)16-21-13-20-14-24-25(35-17-34-24)15-23(20)28-26(21)32/h4-5,12-15H,3,6-11,16-17H2,1-2H3,(H,28,32)(H,29,36). The number of thiocarbonyl (C=S) groups is 1. The van der Waals surface area contributed by atoms with E-state index < -0.39 is 0 Å². The Balaban J connectivity index is 1.36. The van der Waals surface area contributed by atoms with Gasteiger partial charge in [-0.05, 0) is 56.2 Å². The van der Waals surface area contributed by atoms with Crippen LogP contribution >= 0.6 is 12.2 Å². The molecule has 2 N–H and O–H groups in total. The van der Waals surface area contributed by atoms with Crippen LogP contribution in [-0.2, 0) is 11.3 Å². The van der Waals surface area contributed by atoms with Crippen LogP contribution in [-0.4, -0.2) is 66.1 Å². The van der Waals surface area contributed by atoms with Crippen LogP contribution in [0.3, 0.4) is 0 Å². The summed E-state index contributed by atoms with van der Waals surface area (Å²) in [4.78, 5) is 20.5. The number of nitrogens with one attached hydrogen (secondary N) is 2. The smallest absolute Gasteiger partial charge is 0.253 e. The molecule has 36 heavy (non-hydrogen) atoms. The number of aromatic nitrogens is 1. The van der Waals surface area contributed by atoms with E-state index in [-0.39, 0.29) is 12.4 Å². The summed E-state index contributed by atoms with van der Waals surface area (Å²) < 4.78 is 16.4. The molecule has 0 aliphatic carbocycles. The number of aromatic amines is 1. The lowest BCUT2D eigenvalue weighted by molar-refractivity contribution is 0.0367. The van der Waals surface area contributed by atoms with Gasteiger partial charge in [-0.1, -0.05) is 17.7 Å². The zero-order valence-corrected chi connectivity index (χ0v) is 21.6. The van der Waals surface area contributed by atoms with E-state index in [0.717, 1.165) is 68.0 Å². The number of H-pyrrole nitrogens is 1. The third kappa shape index (κ3) is 5.64. The minimum atomic E-state index is -0.131. The molecule has 8 nitrogen and oxygen atoms in total. The predicted molar refractivity (Wildman–Crippen MR) is 145 cm³/mol. The van der Waals surface area contributed by atoms with Crippen LogP contribution in [0.2, 0.25) is 0 Å². The van der Waals surface area contributed by atoms with Gasteiger partial charge in [-0.2, -0.15) is 0 Å². The largest absolute Gasteiger partial charge is 0.454 e. The monoisotopic (exact) mass is 508 g/mol. The summed E-state index contributed by atoms with van der Waals surface area (Å²) in [5, 5.41) is 4.92. The summed E-state index contributed by atoms with van der Waals surface area (Å²) in [5.74, 6) is 1.34. The number of pyridine rings is 1. The Hall–Kier alpha value is -3.14. The van der Waals surface area contributed by atoms with Crippen molar-refractivity contribution in [1.29, 1.82) is 0 Å². The fraction of sp³-hybridized carbons (Fsp3) is 0.407. The van der Waals surface area contributed by atoms with E-state index >= 15 is 0 Å². The van der Waals surface area contributed by atoms with Gasteiger partial charge in [-0.3, -0.25) is 9.69 Å². The van der Waals surface area contributed by atoms with Gasteiger partial charge in [0.25, 0.3) is 5.56 Å². The molecule has 3 heterocycles. The third-order valence-corrected chi connectivity index (χ3v) is 7.05. The molecule has 1 fully saturated rings. The van der Waals surface area contributed by atoms with E-state index in [4.69, 9.17) is 26.4 Å². The number of hydrogen-bond donors (Lipinski definition) is 2. The van der Waals surface area contributed by atoms with Crippen LogP contribution in [0.25, 0.3) is 10.9 Å². The topological polar surface area (TPSA) is 79.1 Å². The number of fused-ring (bicyclic) bond motifs is 2. The number of morpholine rings is 1. The molecule has 0 unspecified atom stereocenters. The van der Waals surface area contributed by atoms with Crippen molar-refractivity contribution >= 4 is 33.9 Å². The Labute approximate surface area is 216 Å². The van der Waals surface area contributed by atoms with E-state index in [1.807, 2.05) is 24.3 Å². The van der Waals surface area contributed by atoms with Gasteiger partial charge in [0.1, 0.15) is 0 Å². The van der Waals surface area contributed by atoms with Gasteiger partial charge in [0.05, 0.1) is 25.3 Å². The quantitative estimate of drug-likeness (QED) is 0.467. The summed E-state index contributed by atoms with van der Waals surface area (Å²) in [6, 6.07) is 11.9. The average molecular weight is 509 g/mol. The van der Waals surface area contributed by atoms with E-state index in [9.17, 15) is 4.79 Å². The van der Waals surface area contributed by atoms with Gasteiger partial charge in [0.2, 0.25) is 6.79 Å². The number of rotatable bonds is 7. The maximum Gasteiger partial charge on any atom is 0.253 e. The zero-order valence-electron chi connectivity index (χ0n) is 20.8. The number of anilines is 1. The molecule has 0 spiro atoms. The SMILES string of the molecule is Cc1ccc(NC(=S)N(CCCN2CCOCC2)Cc2cc3cc4c(cc3[nH]c2=O)OCO4)c(C)c1. The Kier molecular flexibility index (Phi) is 7.41.